The van der Waals surface area contributed by atoms with Crippen molar-refractivity contribution in [3.05, 3.63) is 138 Å². The van der Waals surface area contributed by atoms with Crippen LogP contribution in [-0.4, -0.2) is 53.3 Å². The predicted molar refractivity (Wildman–Crippen MR) is 203 cm³/mol. The van der Waals surface area contributed by atoms with Gasteiger partial charge in [0.15, 0.2) is 0 Å². The van der Waals surface area contributed by atoms with E-state index < -0.39 is 39.4 Å². The van der Waals surface area contributed by atoms with Crippen molar-refractivity contribution < 1.29 is 36.5 Å². The summed E-state index contributed by atoms with van der Waals surface area (Å²) < 4.78 is 44.0. The number of aromatic nitrogens is 1. The lowest BCUT2D eigenvalue weighted by atomic mass is 9.90. The SMILES string of the molecule is CC(C)(C)OC(=O)n1cccc1-c1ccc(C(Cc2ccc(C(=O)NCCS(=O)(=O)O)cc2)C(=O)Nc2ccc(-c3cc4ccccc4o3)cc2)cc1. The first-order valence-corrected chi connectivity index (χ1v) is 18.6. The van der Waals surface area contributed by atoms with Crippen LogP contribution < -0.4 is 10.6 Å². The lowest BCUT2D eigenvalue weighted by Crippen LogP contribution is -2.28. The zero-order valence-electron chi connectivity index (χ0n) is 29.4. The molecule has 4 aromatic carbocycles. The Morgan fingerprint density at radius 2 is 1.53 bits per heavy atom. The zero-order chi connectivity index (χ0) is 37.8. The summed E-state index contributed by atoms with van der Waals surface area (Å²) in [5.74, 6) is -1.27. The van der Waals surface area contributed by atoms with Crippen LogP contribution in [0.3, 0.4) is 0 Å². The number of amides is 2. The van der Waals surface area contributed by atoms with E-state index in [0.717, 1.165) is 39.0 Å². The molecular formula is C41H39N3O8S. The summed E-state index contributed by atoms with van der Waals surface area (Å²) in [5, 5.41) is 6.52. The number of hydrogen-bond acceptors (Lipinski definition) is 7. The molecule has 6 aromatic rings. The van der Waals surface area contributed by atoms with Gasteiger partial charge in [-0.3, -0.25) is 18.7 Å². The molecule has 0 aliphatic carbocycles. The minimum absolute atomic E-state index is 0.237. The molecule has 12 heteroatoms. The van der Waals surface area contributed by atoms with Crippen LogP contribution in [-0.2, 0) is 26.1 Å². The molecule has 0 radical (unpaired) electrons. The Hall–Kier alpha value is -5.98. The van der Waals surface area contributed by atoms with Crippen molar-refractivity contribution >= 4 is 44.7 Å². The molecule has 1 unspecified atom stereocenters. The van der Waals surface area contributed by atoms with Crippen molar-refractivity contribution in [2.75, 3.05) is 17.6 Å². The minimum atomic E-state index is -4.21. The van der Waals surface area contributed by atoms with Crippen LogP contribution in [0.5, 0.6) is 0 Å². The van der Waals surface area contributed by atoms with Crippen molar-refractivity contribution in [3.8, 4) is 22.6 Å². The average Bonchev–Trinajstić information content (AvgIpc) is 3.78. The fraction of sp³-hybridized carbons (Fsp3) is 0.195. The molecule has 53 heavy (non-hydrogen) atoms. The maximum absolute atomic E-state index is 14.0. The van der Waals surface area contributed by atoms with Gasteiger partial charge in [0.2, 0.25) is 5.91 Å². The van der Waals surface area contributed by atoms with Gasteiger partial charge < -0.3 is 19.8 Å². The Kier molecular flexibility index (Phi) is 10.6. The van der Waals surface area contributed by atoms with E-state index in [4.69, 9.17) is 13.7 Å². The second-order valence-electron chi connectivity index (χ2n) is 13.6. The average molecular weight is 734 g/mol. The molecule has 1 atom stereocenters. The van der Waals surface area contributed by atoms with Gasteiger partial charge >= 0.3 is 6.09 Å². The van der Waals surface area contributed by atoms with Gasteiger partial charge in [0.25, 0.3) is 16.0 Å². The highest BCUT2D eigenvalue weighted by Gasteiger charge is 2.24. The van der Waals surface area contributed by atoms with Gasteiger partial charge in [-0.15, -0.1) is 0 Å². The Labute approximate surface area is 307 Å². The van der Waals surface area contributed by atoms with E-state index in [0.29, 0.717) is 23.4 Å². The molecule has 0 aliphatic rings. The lowest BCUT2D eigenvalue weighted by Gasteiger charge is -2.21. The highest BCUT2D eigenvalue weighted by molar-refractivity contribution is 7.85. The summed E-state index contributed by atoms with van der Waals surface area (Å²) in [6.07, 6.45) is 1.44. The molecule has 0 spiro atoms. The monoisotopic (exact) mass is 733 g/mol. The molecule has 3 N–H and O–H groups in total. The molecule has 0 aliphatic heterocycles. The quantitative estimate of drug-likeness (QED) is 0.113. The van der Waals surface area contributed by atoms with E-state index in [1.54, 1.807) is 57.3 Å². The van der Waals surface area contributed by atoms with Crippen LogP contribution in [0.2, 0.25) is 0 Å². The van der Waals surface area contributed by atoms with Crippen LogP contribution in [0.25, 0.3) is 33.6 Å². The number of nitrogens with zero attached hydrogens (tertiary/aromatic N) is 1. The normalized spacial score (nSPS) is 12.3. The summed E-state index contributed by atoms with van der Waals surface area (Å²) in [5.41, 5.74) is 4.80. The number of carbonyl (C=O) groups excluding carboxylic acids is 3. The van der Waals surface area contributed by atoms with Gasteiger partial charge in [-0.05, 0) is 105 Å². The number of para-hydroxylation sites is 1. The second kappa shape index (κ2) is 15.3. The van der Waals surface area contributed by atoms with Crippen molar-refractivity contribution in [2.45, 2.75) is 38.7 Å². The Balaban J connectivity index is 1.23. The topological polar surface area (TPSA) is 157 Å². The second-order valence-corrected chi connectivity index (χ2v) is 15.1. The number of furan rings is 1. The fourth-order valence-electron chi connectivity index (χ4n) is 5.83. The molecule has 6 rings (SSSR count). The first-order valence-electron chi connectivity index (χ1n) is 17.0. The van der Waals surface area contributed by atoms with Crippen LogP contribution in [0, 0.1) is 0 Å². The van der Waals surface area contributed by atoms with Gasteiger partial charge in [-0.25, -0.2) is 4.79 Å². The summed E-state index contributed by atoms with van der Waals surface area (Å²) in [7, 11) is -4.21. The van der Waals surface area contributed by atoms with E-state index in [-0.39, 0.29) is 12.5 Å². The van der Waals surface area contributed by atoms with Gasteiger partial charge in [0.1, 0.15) is 16.9 Å². The fourth-order valence-corrected chi connectivity index (χ4v) is 6.19. The van der Waals surface area contributed by atoms with Gasteiger partial charge in [-0.2, -0.15) is 8.42 Å². The number of benzene rings is 4. The van der Waals surface area contributed by atoms with Crippen LogP contribution >= 0.6 is 0 Å². The standard InChI is InChI=1S/C41H39N3O8S/c1-41(2,3)52-40(47)44-23-6-8-35(44)29-16-14-28(15-17-29)34(25-27-10-12-31(13-11-27)38(45)42-22-24-53(48,49)50)39(46)43-33-20-18-30(19-21-33)37-26-32-7-4-5-9-36(32)51-37/h4-21,23,26,34H,22,24-25H2,1-3H3,(H,42,45)(H,43,46)(H,48,49,50). The Morgan fingerprint density at radius 3 is 2.19 bits per heavy atom. The molecule has 0 fully saturated rings. The Bertz CT molecular complexity index is 2320. The predicted octanol–water partition coefficient (Wildman–Crippen LogP) is 7.93. The number of carbonyl (C=O) groups is 3. The van der Waals surface area contributed by atoms with Crippen LogP contribution in [0.4, 0.5) is 10.5 Å². The number of ether oxygens (including phenoxy) is 1. The lowest BCUT2D eigenvalue weighted by molar-refractivity contribution is -0.117. The van der Waals surface area contributed by atoms with Crippen molar-refractivity contribution in [1.29, 1.82) is 0 Å². The van der Waals surface area contributed by atoms with E-state index in [9.17, 15) is 22.8 Å². The summed E-state index contributed by atoms with van der Waals surface area (Å²) in [6, 6.07) is 34.8. The Morgan fingerprint density at radius 1 is 0.849 bits per heavy atom. The molecule has 0 saturated heterocycles. The van der Waals surface area contributed by atoms with Crippen molar-refractivity contribution in [2.24, 2.45) is 0 Å². The third-order valence-corrected chi connectivity index (χ3v) is 9.15. The minimum Gasteiger partial charge on any atom is -0.456 e. The van der Waals surface area contributed by atoms with Crippen molar-refractivity contribution in [1.82, 2.24) is 9.88 Å². The molecule has 0 bridgehead atoms. The summed E-state index contributed by atoms with van der Waals surface area (Å²) in [4.78, 5) is 39.4. The number of fused-ring (bicyclic) bond motifs is 1. The first-order chi connectivity index (χ1) is 25.2. The van der Waals surface area contributed by atoms with Gasteiger partial charge in [0.05, 0.1) is 17.4 Å². The largest absolute Gasteiger partial charge is 0.456 e. The number of anilines is 1. The van der Waals surface area contributed by atoms with Crippen molar-refractivity contribution in [3.63, 3.8) is 0 Å². The molecule has 272 valence electrons. The summed E-state index contributed by atoms with van der Waals surface area (Å²) in [6.45, 7) is 5.18. The number of rotatable bonds is 11. The van der Waals surface area contributed by atoms with E-state index >= 15 is 0 Å². The summed E-state index contributed by atoms with van der Waals surface area (Å²) >= 11 is 0. The molecule has 2 heterocycles. The molecule has 2 amide bonds. The highest BCUT2D eigenvalue weighted by atomic mass is 32.2. The van der Waals surface area contributed by atoms with E-state index in [1.165, 1.54) is 4.57 Å². The van der Waals surface area contributed by atoms with E-state index in [1.807, 2.05) is 84.9 Å². The van der Waals surface area contributed by atoms with E-state index in [2.05, 4.69) is 10.6 Å². The van der Waals surface area contributed by atoms with Crippen LogP contribution in [0.15, 0.2) is 126 Å². The highest BCUT2D eigenvalue weighted by Crippen LogP contribution is 2.31. The molecule has 2 aromatic heterocycles. The number of hydrogen-bond donors (Lipinski definition) is 3. The molecule has 11 nitrogen and oxygen atoms in total. The van der Waals surface area contributed by atoms with Gasteiger partial charge in [-0.1, -0.05) is 54.6 Å². The maximum Gasteiger partial charge on any atom is 0.418 e. The smallest absolute Gasteiger partial charge is 0.418 e. The van der Waals surface area contributed by atoms with Gasteiger partial charge in [0, 0.05) is 34.9 Å². The molecule has 0 saturated carbocycles. The molecular weight excluding hydrogens is 695 g/mol. The van der Waals surface area contributed by atoms with Crippen LogP contribution in [0.1, 0.15) is 48.2 Å². The third-order valence-electron chi connectivity index (χ3n) is 8.43. The third kappa shape index (κ3) is 9.47. The maximum atomic E-state index is 14.0. The number of nitrogens with one attached hydrogen (secondary N) is 2. The zero-order valence-corrected chi connectivity index (χ0v) is 30.2. The first kappa shape index (κ1) is 36.8.